The summed E-state index contributed by atoms with van der Waals surface area (Å²) in [5.41, 5.74) is 5.55. The number of ether oxygens (including phenoxy) is 1. The SMILES string of the molecule is CCC(CC(C)N)C(=O)OC. The highest BCUT2D eigenvalue weighted by atomic mass is 16.5. The highest BCUT2D eigenvalue weighted by Gasteiger charge is 2.17. The second-order valence-corrected chi connectivity index (χ2v) is 2.84. The van der Waals surface area contributed by atoms with Crippen LogP contribution in [-0.2, 0) is 9.53 Å². The maximum atomic E-state index is 11.0. The van der Waals surface area contributed by atoms with E-state index >= 15 is 0 Å². The number of nitrogens with two attached hydrogens (primary N) is 1. The largest absolute Gasteiger partial charge is 0.469 e. The third kappa shape index (κ3) is 3.98. The molecule has 0 saturated carbocycles. The fourth-order valence-electron chi connectivity index (χ4n) is 1.05. The first-order valence-electron chi connectivity index (χ1n) is 3.95. The molecule has 0 aliphatic carbocycles. The summed E-state index contributed by atoms with van der Waals surface area (Å²) in [5.74, 6) is -0.176. The van der Waals surface area contributed by atoms with E-state index in [9.17, 15) is 4.79 Å². The Morgan fingerprint density at radius 2 is 2.18 bits per heavy atom. The lowest BCUT2D eigenvalue weighted by Gasteiger charge is -2.13. The molecule has 0 bridgehead atoms. The Bertz CT molecular complexity index is 123. The van der Waals surface area contributed by atoms with Gasteiger partial charge in [0.2, 0.25) is 0 Å². The molecule has 11 heavy (non-hydrogen) atoms. The van der Waals surface area contributed by atoms with Crippen molar-refractivity contribution in [2.75, 3.05) is 7.11 Å². The number of esters is 1. The molecule has 0 radical (unpaired) electrons. The first-order chi connectivity index (χ1) is 5.11. The zero-order valence-electron chi connectivity index (χ0n) is 7.46. The first-order valence-corrected chi connectivity index (χ1v) is 3.95. The number of hydrogen-bond donors (Lipinski definition) is 1. The summed E-state index contributed by atoms with van der Waals surface area (Å²) in [5, 5.41) is 0. The van der Waals surface area contributed by atoms with Crippen molar-refractivity contribution < 1.29 is 9.53 Å². The van der Waals surface area contributed by atoms with E-state index in [1.165, 1.54) is 7.11 Å². The van der Waals surface area contributed by atoms with Crippen molar-refractivity contribution in [2.24, 2.45) is 11.7 Å². The minimum Gasteiger partial charge on any atom is -0.469 e. The zero-order chi connectivity index (χ0) is 8.85. The van der Waals surface area contributed by atoms with Crippen molar-refractivity contribution in [1.29, 1.82) is 0 Å². The molecule has 0 aromatic carbocycles. The van der Waals surface area contributed by atoms with Gasteiger partial charge in [-0.3, -0.25) is 4.79 Å². The number of methoxy groups -OCH3 is 1. The average Bonchev–Trinajstić information content (AvgIpc) is 1.98. The molecular formula is C8H17NO2. The van der Waals surface area contributed by atoms with E-state index in [0.717, 1.165) is 6.42 Å². The second-order valence-electron chi connectivity index (χ2n) is 2.84. The maximum Gasteiger partial charge on any atom is 0.308 e. The van der Waals surface area contributed by atoms with Crippen molar-refractivity contribution in [3.8, 4) is 0 Å². The Morgan fingerprint density at radius 1 is 1.64 bits per heavy atom. The summed E-state index contributed by atoms with van der Waals surface area (Å²) in [7, 11) is 1.41. The molecule has 0 rings (SSSR count). The van der Waals surface area contributed by atoms with Crippen LogP contribution in [0.1, 0.15) is 26.7 Å². The van der Waals surface area contributed by atoms with E-state index in [1.807, 2.05) is 13.8 Å². The highest BCUT2D eigenvalue weighted by molar-refractivity contribution is 5.72. The van der Waals surface area contributed by atoms with E-state index in [4.69, 9.17) is 5.73 Å². The second kappa shape index (κ2) is 5.13. The lowest BCUT2D eigenvalue weighted by atomic mass is 9.99. The van der Waals surface area contributed by atoms with Gasteiger partial charge in [0.25, 0.3) is 0 Å². The standard InChI is InChI=1S/C8H17NO2/c1-4-7(5-6(2)9)8(10)11-3/h6-7H,4-5,9H2,1-3H3. The molecule has 0 fully saturated rings. The number of hydrogen-bond acceptors (Lipinski definition) is 3. The topological polar surface area (TPSA) is 52.3 Å². The normalized spacial score (nSPS) is 15.6. The number of carbonyl (C=O) groups excluding carboxylic acids is 1. The van der Waals surface area contributed by atoms with Crippen molar-refractivity contribution in [3.63, 3.8) is 0 Å². The Labute approximate surface area is 67.9 Å². The molecule has 66 valence electrons. The molecule has 0 aliphatic heterocycles. The van der Waals surface area contributed by atoms with Crippen LogP contribution < -0.4 is 5.73 Å². The van der Waals surface area contributed by atoms with Crippen molar-refractivity contribution >= 4 is 5.97 Å². The Kier molecular flexibility index (Phi) is 4.86. The molecule has 0 heterocycles. The predicted molar refractivity (Wildman–Crippen MR) is 44.1 cm³/mol. The molecule has 2 N–H and O–H groups in total. The summed E-state index contributed by atoms with van der Waals surface area (Å²) >= 11 is 0. The molecule has 0 amide bonds. The Balaban J connectivity index is 3.84. The van der Waals surface area contributed by atoms with Gasteiger partial charge in [-0.2, -0.15) is 0 Å². The molecule has 0 aromatic heterocycles. The Morgan fingerprint density at radius 3 is 2.45 bits per heavy atom. The highest BCUT2D eigenvalue weighted by Crippen LogP contribution is 2.11. The van der Waals surface area contributed by atoms with Gasteiger partial charge in [0.1, 0.15) is 0 Å². The molecule has 0 aliphatic rings. The van der Waals surface area contributed by atoms with Gasteiger partial charge in [-0.05, 0) is 19.8 Å². The predicted octanol–water partition coefficient (Wildman–Crippen LogP) is 0.923. The minimum atomic E-state index is -0.148. The van der Waals surface area contributed by atoms with Crippen LogP contribution in [0.5, 0.6) is 0 Å². The molecule has 0 saturated heterocycles. The van der Waals surface area contributed by atoms with Gasteiger partial charge in [-0.1, -0.05) is 6.92 Å². The summed E-state index contributed by atoms with van der Waals surface area (Å²) in [6, 6.07) is 0.0686. The maximum absolute atomic E-state index is 11.0. The summed E-state index contributed by atoms with van der Waals surface area (Å²) in [6.45, 7) is 3.86. The van der Waals surface area contributed by atoms with Gasteiger partial charge in [-0.25, -0.2) is 0 Å². The van der Waals surface area contributed by atoms with Crippen molar-refractivity contribution in [1.82, 2.24) is 0 Å². The monoisotopic (exact) mass is 159 g/mol. The van der Waals surface area contributed by atoms with Crippen LogP contribution in [0.3, 0.4) is 0 Å². The number of carbonyl (C=O) groups is 1. The lowest BCUT2D eigenvalue weighted by molar-refractivity contribution is -0.145. The smallest absolute Gasteiger partial charge is 0.308 e. The minimum absolute atomic E-state index is 0.0278. The molecule has 3 nitrogen and oxygen atoms in total. The van der Waals surface area contributed by atoms with Crippen LogP contribution in [0.25, 0.3) is 0 Å². The fraction of sp³-hybridized carbons (Fsp3) is 0.875. The summed E-state index contributed by atoms with van der Waals surface area (Å²) < 4.78 is 4.61. The molecule has 2 atom stereocenters. The van der Waals surface area contributed by atoms with Crippen molar-refractivity contribution in [2.45, 2.75) is 32.7 Å². The van der Waals surface area contributed by atoms with Crippen molar-refractivity contribution in [3.05, 3.63) is 0 Å². The van der Waals surface area contributed by atoms with E-state index in [0.29, 0.717) is 6.42 Å². The molecule has 3 heteroatoms. The van der Waals surface area contributed by atoms with E-state index in [1.54, 1.807) is 0 Å². The molecule has 2 unspecified atom stereocenters. The number of rotatable bonds is 4. The van der Waals surface area contributed by atoms with Crippen LogP contribution in [0.15, 0.2) is 0 Å². The summed E-state index contributed by atoms with van der Waals surface area (Å²) in [6.07, 6.45) is 1.51. The Hall–Kier alpha value is -0.570. The van der Waals surface area contributed by atoms with Crippen LogP contribution in [0, 0.1) is 5.92 Å². The molecule has 0 aromatic rings. The van der Waals surface area contributed by atoms with Crippen LogP contribution in [0.4, 0.5) is 0 Å². The van der Waals surface area contributed by atoms with Crippen LogP contribution >= 0.6 is 0 Å². The van der Waals surface area contributed by atoms with Gasteiger partial charge in [0.15, 0.2) is 0 Å². The average molecular weight is 159 g/mol. The van der Waals surface area contributed by atoms with Gasteiger partial charge in [0, 0.05) is 6.04 Å². The van der Waals surface area contributed by atoms with Gasteiger partial charge < -0.3 is 10.5 Å². The van der Waals surface area contributed by atoms with Crippen LogP contribution in [-0.4, -0.2) is 19.1 Å². The fourth-order valence-corrected chi connectivity index (χ4v) is 1.05. The quantitative estimate of drug-likeness (QED) is 0.621. The van der Waals surface area contributed by atoms with E-state index in [-0.39, 0.29) is 17.9 Å². The van der Waals surface area contributed by atoms with E-state index in [2.05, 4.69) is 4.74 Å². The molecular weight excluding hydrogens is 142 g/mol. The lowest BCUT2D eigenvalue weighted by Crippen LogP contribution is -2.25. The van der Waals surface area contributed by atoms with Gasteiger partial charge in [-0.15, -0.1) is 0 Å². The zero-order valence-corrected chi connectivity index (χ0v) is 7.46. The third-order valence-electron chi connectivity index (χ3n) is 1.68. The van der Waals surface area contributed by atoms with E-state index < -0.39 is 0 Å². The summed E-state index contributed by atoms with van der Waals surface area (Å²) in [4.78, 5) is 11.0. The van der Waals surface area contributed by atoms with Crippen LogP contribution in [0.2, 0.25) is 0 Å². The van der Waals surface area contributed by atoms with Gasteiger partial charge >= 0.3 is 5.97 Å². The third-order valence-corrected chi connectivity index (χ3v) is 1.68. The first kappa shape index (κ1) is 10.4. The molecule has 0 spiro atoms. The van der Waals surface area contributed by atoms with Gasteiger partial charge in [0.05, 0.1) is 13.0 Å².